The van der Waals surface area contributed by atoms with Crippen molar-refractivity contribution < 1.29 is 4.79 Å². The number of nitrogens with one attached hydrogen (secondary N) is 1. The molecule has 3 nitrogen and oxygen atoms in total. The van der Waals surface area contributed by atoms with Crippen molar-refractivity contribution in [3.63, 3.8) is 0 Å². The number of fused-ring (bicyclic) bond motifs is 1. The smallest absolute Gasteiger partial charge is 0.166 e. The average molecular weight is 242 g/mol. The van der Waals surface area contributed by atoms with E-state index in [1.807, 2.05) is 44.2 Å². The maximum Gasteiger partial charge on any atom is 0.166 e. The van der Waals surface area contributed by atoms with E-state index in [2.05, 4.69) is 10.3 Å². The van der Waals surface area contributed by atoms with Gasteiger partial charge in [0.1, 0.15) is 0 Å². The van der Waals surface area contributed by atoms with Crippen LogP contribution in [-0.4, -0.2) is 23.4 Å². The Morgan fingerprint density at radius 1 is 1.33 bits per heavy atom. The third-order valence-electron chi connectivity index (χ3n) is 2.98. The highest BCUT2D eigenvalue weighted by molar-refractivity contribution is 6.06. The molecule has 1 atom stereocenters. The van der Waals surface area contributed by atoms with Crippen LogP contribution >= 0.6 is 0 Å². The Morgan fingerprint density at radius 2 is 2.11 bits per heavy atom. The summed E-state index contributed by atoms with van der Waals surface area (Å²) in [5, 5.41) is 4.27. The predicted octanol–water partition coefficient (Wildman–Crippen LogP) is 2.81. The minimum atomic E-state index is 0.146. The summed E-state index contributed by atoms with van der Waals surface area (Å²) in [5.74, 6) is 0.146. The molecule has 0 amide bonds. The third kappa shape index (κ3) is 2.74. The van der Waals surface area contributed by atoms with E-state index in [0.717, 1.165) is 23.0 Å². The summed E-state index contributed by atoms with van der Waals surface area (Å²) in [5.41, 5.74) is 1.52. The Balaban J connectivity index is 2.28. The minimum absolute atomic E-state index is 0.146. The minimum Gasteiger partial charge on any atom is -0.314 e. The molecule has 1 aromatic heterocycles. The molecule has 18 heavy (non-hydrogen) atoms. The van der Waals surface area contributed by atoms with Gasteiger partial charge in [-0.15, -0.1) is 0 Å². The zero-order valence-corrected chi connectivity index (χ0v) is 10.8. The van der Waals surface area contributed by atoms with Crippen LogP contribution in [0.2, 0.25) is 0 Å². The number of hydrogen-bond donors (Lipinski definition) is 1. The number of carbonyl (C=O) groups excluding carboxylic acids is 1. The molecule has 0 fully saturated rings. The second-order valence-electron chi connectivity index (χ2n) is 4.47. The van der Waals surface area contributed by atoms with E-state index in [9.17, 15) is 4.79 Å². The van der Waals surface area contributed by atoms with Crippen molar-refractivity contribution in [2.24, 2.45) is 0 Å². The van der Waals surface area contributed by atoms with Gasteiger partial charge in [0.15, 0.2) is 5.78 Å². The molecule has 94 valence electrons. The van der Waals surface area contributed by atoms with E-state index >= 15 is 0 Å². The highest BCUT2D eigenvalue weighted by Crippen LogP contribution is 2.17. The number of benzene rings is 1. The van der Waals surface area contributed by atoms with Crippen molar-refractivity contribution in [1.82, 2.24) is 10.3 Å². The maximum atomic E-state index is 12.3. The Kier molecular flexibility index (Phi) is 4.05. The fourth-order valence-electron chi connectivity index (χ4n) is 2.14. The average Bonchev–Trinajstić information content (AvgIpc) is 2.38. The van der Waals surface area contributed by atoms with Crippen LogP contribution in [0.1, 0.15) is 30.6 Å². The lowest BCUT2D eigenvalue weighted by molar-refractivity contribution is 0.0973. The first-order valence-corrected chi connectivity index (χ1v) is 6.32. The Labute approximate surface area is 107 Å². The molecule has 0 saturated heterocycles. The second-order valence-corrected chi connectivity index (χ2v) is 4.47. The summed E-state index contributed by atoms with van der Waals surface area (Å²) in [6, 6.07) is 9.81. The van der Waals surface area contributed by atoms with Gasteiger partial charge in [-0.25, -0.2) is 0 Å². The van der Waals surface area contributed by atoms with Crippen molar-refractivity contribution in [3.8, 4) is 0 Å². The highest BCUT2D eigenvalue weighted by Gasteiger charge is 2.13. The van der Waals surface area contributed by atoms with Crippen LogP contribution in [-0.2, 0) is 0 Å². The molecule has 2 aromatic rings. The first-order valence-electron chi connectivity index (χ1n) is 6.32. The standard InChI is InChI=1S/C15H18N2O/c1-3-16-11(2)10-14(18)13-8-4-6-12-7-5-9-17-15(12)13/h4-9,11,16H,3,10H2,1-2H3. The SMILES string of the molecule is CCNC(C)CC(=O)c1cccc2cccnc12. The number of hydrogen-bond acceptors (Lipinski definition) is 3. The molecule has 0 saturated carbocycles. The van der Waals surface area contributed by atoms with Crippen LogP contribution in [0, 0.1) is 0 Å². The van der Waals surface area contributed by atoms with Gasteiger partial charge in [0, 0.05) is 29.6 Å². The number of pyridine rings is 1. The van der Waals surface area contributed by atoms with E-state index in [1.54, 1.807) is 6.20 Å². The molecule has 0 aliphatic rings. The second kappa shape index (κ2) is 5.74. The van der Waals surface area contributed by atoms with E-state index in [-0.39, 0.29) is 11.8 Å². The third-order valence-corrected chi connectivity index (χ3v) is 2.98. The summed E-state index contributed by atoms with van der Waals surface area (Å²) < 4.78 is 0. The number of nitrogens with zero attached hydrogens (tertiary/aromatic N) is 1. The zero-order valence-electron chi connectivity index (χ0n) is 10.8. The van der Waals surface area contributed by atoms with E-state index in [4.69, 9.17) is 0 Å². The van der Waals surface area contributed by atoms with Crippen molar-refractivity contribution in [3.05, 3.63) is 42.1 Å². The highest BCUT2D eigenvalue weighted by atomic mass is 16.1. The summed E-state index contributed by atoms with van der Waals surface area (Å²) in [6.07, 6.45) is 2.23. The number of Topliss-reactive ketones (excluding diaryl/α,β-unsaturated/α-hetero) is 1. The quantitative estimate of drug-likeness (QED) is 0.820. The molecule has 1 N–H and O–H groups in total. The fourth-order valence-corrected chi connectivity index (χ4v) is 2.14. The number of carbonyl (C=O) groups is 1. The van der Waals surface area contributed by atoms with Gasteiger partial charge in [-0.2, -0.15) is 0 Å². The normalized spacial score (nSPS) is 12.6. The molecular formula is C15H18N2O. The van der Waals surface area contributed by atoms with Gasteiger partial charge in [0.2, 0.25) is 0 Å². The number of ketones is 1. The van der Waals surface area contributed by atoms with Crippen molar-refractivity contribution >= 4 is 16.7 Å². The van der Waals surface area contributed by atoms with E-state index in [0.29, 0.717) is 6.42 Å². The molecule has 1 heterocycles. The first-order chi connectivity index (χ1) is 8.72. The Morgan fingerprint density at radius 3 is 2.89 bits per heavy atom. The summed E-state index contributed by atoms with van der Waals surface area (Å²) in [6.45, 7) is 4.95. The van der Waals surface area contributed by atoms with Gasteiger partial charge in [-0.05, 0) is 25.6 Å². The maximum absolute atomic E-state index is 12.3. The van der Waals surface area contributed by atoms with Gasteiger partial charge in [0.25, 0.3) is 0 Å². The molecule has 0 bridgehead atoms. The lowest BCUT2D eigenvalue weighted by atomic mass is 10.0. The van der Waals surface area contributed by atoms with Crippen molar-refractivity contribution in [2.75, 3.05) is 6.54 Å². The van der Waals surface area contributed by atoms with Crippen LogP contribution in [0.15, 0.2) is 36.5 Å². The fraction of sp³-hybridized carbons (Fsp3) is 0.333. The topological polar surface area (TPSA) is 42.0 Å². The van der Waals surface area contributed by atoms with Crippen LogP contribution in [0.25, 0.3) is 10.9 Å². The number of rotatable bonds is 5. The molecule has 0 aliphatic heterocycles. The molecular weight excluding hydrogens is 224 g/mol. The molecule has 3 heteroatoms. The zero-order chi connectivity index (χ0) is 13.0. The molecule has 0 aliphatic carbocycles. The van der Waals surface area contributed by atoms with E-state index < -0.39 is 0 Å². The molecule has 0 spiro atoms. The largest absolute Gasteiger partial charge is 0.314 e. The van der Waals surface area contributed by atoms with Crippen LogP contribution in [0.3, 0.4) is 0 Å². The number of para-hydroxylation sites is 1. The monoisotopic (exact) mass is 242 g/mol. The van der Waals surface area contributed by atoms with E-state index in [1.165, 1.54) is 0 Å². The molecule has 0 radical (unpaired) electrons. The predicted molar refractivity (Wildman–Crippen MR) is 73.8 cm³/mol. The lowest BCUT2D eigenvalue weighted by Gasteiger charge is -2.11. The Hall–Kier alpha value is -1.74. The number of aromatic nitrogens is 1. The van der Waals surface area contributed by atoms with Crippen LogP contribution in [0.5, 0.6) is 0 Å². The lowest BCUT2D eigenvalue weighted by Crippen LogP contribution is -2.28. The van der Waals surface area contributed by atoms with Gasteiger partial charge >= 0.3 is 0 Å². The molecule has 1 aromatic carbocycles. The van der Waals surface area contributed by atoms with Gasteiger partial charge in [-0.1, -0.05) is 25.1 Å². The first kappa shape index (κ1) is 12.7. The summed E-state index contributed by atoms with van der Waals surface area (Å²) in [7, 11) is 0. The van der Waals surface area contributed by atoms with Gasteiger partial charge in [-0.3, -0.25) is 9.78 Å². The molecule has 2 rings (SSSR count). The van der Waals surface area contributed by atoms with Crippen molar-refractivity contribution in [1.29, 1.82) is 0 Å². The summed E-state index contributed by atoms with van der Waals surface area (Å²) >= 11 is 0. The van der Waals surface area contributed by atoms with Crippen LogP contribution in [0.4, 0.5) is 0 Å². The Bertz CT molecular complexity index is 546. The molecule has 1 unspecified atom stereocenters. The van der Waals surface area contributed by atoms with Crippen molar-refractivity contribution in [2.45, 2.75) is 26.3 Å². The van der Waals surface area contributed by atoms with Gasteiger partial charge < -0.3 is 5.32 Å². The van der Waals surface area contributed by atoms with Gasteiger partial charge in [0.05, 0.1) is 5.52 Å². The van der Waals surface area contributed by atoms with Crippen LogP contribution < -0.4 is 5.32 Å². The summed E-state index contributed by atoms with van der Waals surface area (Å²) in [4.78, 5) is 16.6.